The predicted molar refractivity (Wildman–Crippen MR) is 104 cm³/mol. The van der Waals surface area contributed by atoms with Gasteiger partial charge in [0, 0.05) is 30.6 Å². The smallest absolute Gasteiger partial charge is 0.268 e. The summed E-state index contributed by atoms with van der Waals surface area (Å²) in [5, 5.41) is 7.63. The third-order valence-electron chi connectivity index (χ3n) is 4.15. The summed E-state index contributed by atoms with van der Waals surface area (Å²) in [4.78, 5) is 18.6. The Labute approximate surface area is 158 Å². The molecule has 3 aromatic rings. The molecule has 8 heteroatoms. The molecule has 128 valence electrons. The summed E-state index contributed by atoms with van der Waals surface area (Å²) in [6.07, 6.45) is 0.875. The number of carbonyl (C=O) groups excluding carboxylic acids is 1. The summed E-state index contributed by atoms with van der Waals surface area (Å²) in [6, 6.07) is 7.07. The predicted octanol–water partition coefficient (Wildman–Crippen LogP) is 4.08. The van der Waals surface area contributed by atoms with Crippen molar-refractivity contribution in [1.29, 1.82) is 0 Å². The van der Waals surface area contributed by atoms with Crippen LogP contribution in [0.25, 0.3) is 10.2 Å². The standard InChI is InChI=1S/C17H14Cl2N4OS/c18-10-2-1-3-11(19)14(10)23-16(24)15-13(20)9-6-8-7-21-5-4-12(8)22-17(9)25-15/h1-3,6,21H,4-5,7,20H2,(H,23,24). The van der Waals surface area contributed by atoms with Crippen molar-refractivity contribution in [1.82, 2.24) is 10.3 Å². The largest absolute Gasteiger partial charge is 0.397 e. The normalized spacial score (nSPS) is 13.7. The van der Waals surface area contributed by atoms with Gasteiger partial charge in [0.25, 0.3) is 5.91 Å². The number of fused-ring (bicyclic) bond motifs is 2. The number of nitrogens with zero attached hydrogens (tertiary/aromatic N) is 1. The Hall–Kier alpha value is -1.86. The van der Waals surface area contributed by atoms with Crippen LogP contribution in [-0.4, -0.2) is 17.4 Å². The summed E-state index contributed by atoms with van der Waals surface area (Å²) in [5.74, 6) is -0.341. The lowest BCUT2D eigenvalue weighted by molar-refractivity contribution is 0.103. The van der Waals surface area contributed by atoms with Gasteiger partial charge in [-0.3, -0.25) is 4.79 Å². The van der Waals surface area contributed by atoms with Crippen molar-refractivity contribution in [3.63, 3.8) is 0 Å². The minimum Gasteiger partial charge on any atom is -0.397 e. The van der Waals surface area contributed by atoms with Crippen molar-refractivity contribution < 1.29 is 4.79 Å². The number of benzene rings is 1. The van der Waals surface area contributed by atoms with Gasteiger partial charge in [-0.05, 0) is 23.8 Å². The Kier molecular flexibility index (Phi) is 4.29. The molecule has 0 spiro atoms. The van der Waals surface area contributed by atoms with Gasteiger partial charge in [-0.25, -0.2) is 4.98 Å². The molecule has 0 bridgehead atoms. The first kappa shape index (κ1) is 16.6. The second-order valence-corrected chi connectivity index (χ2v) is 7.58. The van der Waals surface area contributed by atoms with Crippen LogP contribution in [-0.2, 0) is 13.0 Å². The summed E-state index contributed by atoms with van der Waals surface area (Å²) in [5.41, 5.74) is 9.23. The van der Waals surface area contributed by atoms with Gasteiger partial charge in [-0.15, -0.1) is 11.3 Å². The van der Waals surface area contributed by atoms with Gasteiger partial charge in [-0.2, -0.15) is 0 Å². The SMILES string of the molecule is Nc1c(C(=O)Nc2c(Cl)cccc2Cl)sc2nc3c(cc12)CNCC3. The van der Waals surface area contributed by atoms with Gasteiger partial charge in [0.1, 0.15) is 9.71 Å². The van der Waals surface area contributed by atoms with E-state index in [0.29, 0.717) is 26.3 Å². The number of pyridine rings is 1. The van der Waals surface area contributed by atoms with Crippen molar-refractivity contribution in [3.8, 4) is 0 Å². The van der Waals surface area contributed by atoms with Gasteiger partial charge in [-0.1, -0.05) is 29.3 Å². The number of nitrogens with one attached hydrogen (secondary N) is 2. The zero-order chi connectivity index (χ0) is 17.6. The molecule has 0 unspecified atom stereocenters. The van der Waals surface area contributed by atoms with Crippen LogP contribution in [0.4, 0.5) is 11.4 Å². The number of halogens is 2. The molecule has 4 N–H and O–H groups in total. The highest BCUT2D eigenvalue weighted by Crippen LogP contribution is 2.36. The molecule has 1 aliphatic rings. The molecule has 2 aromatic heterocycles. The highest BCUT2D eigenvalue weighted by atomic mass is 35.5. The Balaban J connectivity index is 1.73. The number of rotatable bonds is 2. The van der Waals surface area contributed by atoms with E-state index in [9.17, 15) is 4.79 Å². The van der Waals surface area contributed by atoms with Gasteiger partial charge in [0.05, 0.1) is 21.4 Å². The van der Waals surface area contributed by atoms with Gasteiger partial charge in [0.2, 0.25) is 0 Å². The Morgan fingerprint density at radius 1 is 1.32 bits per heavy atom. The minimum atomic E-state index is -0.341. The monoisotopic (exact) mass is 392 g/mol. The Morgan fingerprint density at radius 2 is 2.08 bits per heavy atom. The van der Waals surface area contributed by atoms with E-state index in [0.717, 1.165) is 41.0 Å². The zero-order valence-corrected chi connectivity index (χ0v) is 15.4. The first-order chi connectivity index (χ1) is 12.0. The van der Waals surface area contributed by atoms with E-state index in [1.165, 1.54) is 11.3 Å². The van der Waals surface area contributed by atoms with Crippen molar-refractivity contribution in [2.24, 2.45) is 0 Å². The van der Waals surface area contributed by atoms with Crippen LogP contribution in [0.5, 0.6) is 0 Å². The second kappa shape index (κ2) is 6.46. The lowest BCUT2D eigenvalue weighted by atomic mass is 10.1. The van der Waals surface area contributed by atoms with Crippen molar-refractivity contribution >= 4 is 62.0 Å². The van der Waals surface area contributed by atoms with Crippen LogP contribution in [0.3, 0.4) is 0 Å². The summed E-state index contributed by atoms with van der Waals surface area (Å²) >= 11 is 13.5. The van der Waals surface area contributed by atoms with E-state index in [-0.39, 0.29) is 5.91 Å². The van der Waals surface area contributed by atoms with E-state index in [1.54, 1.807) is 18.2 Å². The van der Waals surface area contributed by atoms with Crippen LogP contribution in [0.1, 0.15) is 20.9 Å². The Morgan fingerprint density at radius 3 is 2.84 bits per heavy atom. The molecule has 1 aromatic carbocycles. The number of aromatic nitrogens is 1. The molecule has 4 rings (SSSR count). The third kappa shape index (κ3) is 2.95. The molecule has 25 heavy (non-hydrogen) atoms. The van der Waals surface area contributed by atoms with Crippen molar-refractivity contribution in [2.75, 3.05) is 17.6 Å². The summed E-state index contributed by atoms with van der Waals surface area (Å²) in [7, 11) is 0. The fraction of sp³-hybridized carbons (Fsp3) is 0.176. The maximum atomic E-state index is 12.7. The molecule has 1 aliphatic heterocycles. The lowest BCUT2D eigenvalue weighted by Crippen LogP contribution is -2.24. The average Bonchev–Trinajstić information content (AvgIpc) is 2.92. The summed E-state index contributed by atoms with van der Waals surface area (Å²) < 4.78 is 0. The van der Waals surface area contributed by atoms with E-state index >= 15 is 0 Å². The first-order valence-corrected chi connectivity index (χ1v) is 9.28. The van der Waals surface area contributed by atoms with Gasteiger partial charge in [0.15, 0.2) is 0 Å². The van der Waals surface area contributed by atoms with Crippen molar-refractivity contribution in [3.05, 3.63) is 50.4 Å². The number of hydrogen-bond donors (Lipinski definition) is 3. The molecule has 3 heterocycles. The minimum absolute atomic E-state index is 0.341. The molecule has 0 fully saturated rings. The number of carbonyl (C=O) groups is 1. The third-order valence-corrected chi connectivity index (χ3v) is 5.90. The number of amides is 1. The van der Waals surface area contributed by atoms with Gasteiger partial charge >= 0.3 is 0 Å². The van der Waals surface area contributed by atoms with E-state index < -0.39 is 0 Å². The number of para-hydroxylation sites is 1. The van der Waals surface area contributed by atoms with Crippen molar-refractivity contribution in [2.45, 2.75) is 13.0 Å². The van der Waals surface area contributed by atoms with E-state index in [1.807, 2.05) is 6.07 Å². The second-order valence-electron chi connectivity index (χ2n) is 5.77. The lowest BCUT2D eigenvalue weighted by Gasteiger charge is -2.15. The number of nitrogens with two attached hydrogens (primary N) is 1. The van der Waals surface area contributed by atoms with E-state index in [4.69, 9.17) is 28.9 Å². The van der Waals surface area contributed by atoms with Crippen LogP contribution in [0.2, 0.25) is 10.0 Å². The number of thiophene rings is 1. The summed E-state index contributed by atoms with van der Waals surface area (Å²) in [6.45, 7) is 1.68. The average molecular weight is 393 g/mol. The molecular formula is C17H14Cl2N4OS. The molecule has 0 aliphatic carbocycles. The van der Waals surface area contributed by atoms with Gasteiger partial charge < -0.3 is 16.4 Å². The van der Waals surface area contributed by atoms with Crippen LogP contribution in [0.15, 0.2) is 24.3 Å². The zero-order valence-electron chi connectivity index (χ0n) is 13.0. The van der Waals surface area contributed by atoms with E-state index in [2.05, 4.69) is 15.6 Å². The highest BCUT2D eigenvalue weighted by molar-refractivity contribution is 7.21. The molecule has 5 nitrogen and oxygen atoms in total. The molecule has 1 amide bonds. The fourth-order valence-corrected chi connectivity index (χ4v) is 4.36. The van der Waals surface area contributed by atoms with Crippen LogP contribution >= 0.6 is 34.5 Å². The van der Waals surface area contributed by atoms with Crippen LogP contribution < -0.4 is 16.4 Å². The first-order valence-electron chi connectivity index (χ1n) is 7.71. The molecule has 0 radical (unpaired) electrons. The molecule has 0 atom stereocenters. The van der Waals surface area contributed by atoms with Crippen LogP contribution in [0, 0.1) is 0 Å². The molecular weight excluding hydrogens is 379 g/mol. The number of anilines is 2. The fourth-order valence-electron chi connectivity index (χ4n) is 2.87. The molecule has 0 saturated heterocycles. The topological polar surface area (TPSA) is 80.0 Å². The Bertz CT molecular complexity index is 982. The maximum absolute atomic E-state index is 12.7. The number of hydrogen-bond acceptors (Lipinski definition) is 5. The highest BCUT2D eigenvalue weighted by Gasteiger charge is 2.21. The number of nitrogen functional groups attached to an aromatic ring is 1. The molecule has 0 saturated carbocycles. The maximum Gasteiger partial charge on any atom is 0.268 e. The quantitative estimate of drug-likeness (QED) is 0.613.